The number of piperidine rings is 1. The molecule has 0 bridgehead atoms. The maximum Gasteiger partial charge on any atom is 0.339 e. The number of methoxy groups -OCH3 is 1. The highest BCUT2D eigenvalue weighted by Gasteiger charge is 2.32. The van der Waals surface area contributed by atoms with Crippen LogP contribution in [0.5, 0.6) is 11.5 Å². The van der Waals surface area contributed by atoms with E-state index in [1.807, 2.05) is 26.8 Å². The van der Waals surface area contributed by atoms with Crippen molar-refractivity contribution in [3.05, 3.63) is 33.2 Å². The molecule has 1 aromatic carbocycles. The van der Waals surface area contributed by atoms with E-state index in [0.717, 1.165) is 42.2 Å². The van der Waals surface area contributed by atoms with Gasteiger partial charge in [-0.3, -0.25) is 9.59 Å². The molecule has 0 radical (unpaired) electrons. The van der Waals surface area contributed by atoms with Crippen LogP contribution in [0.3, 0.4) is 0 Å². The van der Waals surface area contributed by atoms with E-state index in [1.165, 1.54) is 0 Å². The molecule has 3 heterocycles. The minimum atomic E-state index is -0.439. The van der Waals surface area contributed by atoms with Crippen LogP contribution in [-0.2, 0) is 27.2 Å². The van der Waals surface area contributed by atoms with Gasteiger partial charge >= 0.3 is 11.6 Å². The molecule has 0 aliphatic carbocycles. The van der Waals surface area contributed by atoms with E-state index < -0.39 is 5.63 Å². The predicted molar refractivity (Wildman–Crippen MR) is 131 cm³/mol. The van der Waals surface area contributed by atoms with Gasteiger partial charge in [-0.2, -0.15) is 0 Å². The second-order valence-corrected chi connectivity index (χ2v) is 10.0. The summed E-state index contributed by atoms with van der Waals surface area (Å²) >= 11 is 0. The first-order valence-corrected chi connectivity index (χ1v) is 12.4. The normalized spacial score (nSPS) is 19.1. The Kier molecular flexibility index (Phi) is 7.10. The maximum absolute atomic E-state index is 13.0. The molecule has 0 saturated carbocycles. The molecule has 2 aromatic rings. The van der Waals surface area contributed by atoms with Gasteiger partial charge in [-0.25, -0.2) is 4.79 Å². The van der Waals surface area contributed by atoms with Crippen molar-refractivity contribution in [1.29, 1.82) is 0 Å². The average molecular weight is 486 g/mol. The van der Waals surface area contributed by atoms with Crippen molar-refractivity contribution in [2.45, 2.75) is 71.8 Å². The smallest absolute Gasteiger partial charge is 0.339 e. The monoisotopic (exact) mass is 485 g/mol. The lowest BCUT2D eigenvalue weighted by molar-refractivity contribution is -0.151. The summed E-state index contributed by atoms with van der Waals surface area (Å²) in [7, 11) is 1.58. The topological polar surface area (TPSA) is 95.3 Å². The van der Waals surface area contributed by atoms with E-state index >= 15 is 0 Å². The Bertz CT molecular complexity index is 1200. The van der Waals surface area contributed by atoms with Crippen molar-refractivity contribution in [2.75, 3.05) is 26.8 Å². The number of carbonyl (C=O) groups excluding carboxylic acids is 2. The molecule has 1 aromatic heterocycles. The number of benzene rings is 1. The Morgan fingerprint density at radius 3 is 2.77 bits per heavy atom. The Hall–Kier alpha value is -3.03. The molecule has 35 heavy (non-hydrogen) atoms. The molecule has 1 unspecified atom stereocenters. The Balaban J connectivity index is 1.58. The van der Waals surface area contributed by atoms with Crippen LogP contribution in [0.4, 0.5) is 0 Å². The molecule has 2 aliphatic heterocycles. The Morgan fingerprint density at radius 1 is 1.29 bits per heavy atom. The minimum Gasteiger partial charge on any atom is -0.496 e. The number of carbonyl (C=O) groups is 2. The lowest BCUT2D eigenvalue weighted by atomic mass is 9.91. The number of likely N-dealkylation sites (tertiary alicyclic amines) is 1. The Morgan fingerprint density at radius 2 is 2.06 bits per heavy atom. The van der Waals surface area contributed by atoms with E-state index in [9.17, 15) is 14.4 Å². The first-order valence-electron chi connectivity index (χ1n) is 12.4. The third-order valence-corrected chi connectivity index (χ3v) is 7.14. The zero-order valence-corrected chi connectivity index (χ0v) is 21.3. The number of fused-ring (bicyclic) bond motifs is 3. The van der Waals surface area contributed by atoms with Gasteiger partial charge in [-0.1, -0.05) is 0 Å². The van der Waals surface area contributed by atoms with Gasteiger partial charge in [-0.15, -0.1) is 0 Å². The summed E-state index contributed by atoms with van der Waals surface area (Å²) in [6, 6.07) is 1.86. The second kappa shape index (κ2) is 9.91. The molecule has 1 atom stereocenters. The van der Waals surface area contributed by atoms with E-state index in [2.05, 4.69) is 0 Å². The molecule has 0 N–H and O–H groups in total. The number of ether oxygens (including phenoxy) is 3. The molecule has 1 amide bonds. The van der Waals surface area contributed by atoms with Crippen molar-refractivity contribution in [1.82, 2.24) is 4.90 Å². The molecule has 2 aliphatic rings. The van der Waals surface area contributed by atoms with Gasteiger partial charge in [-0.05, 0) is 65.4 Å². The van der Waals surface area contributed by atoms with Gasteiger partial charge in [0.2, 0.25) is 5.91 Å². The SMILES string of the molecule is CCOC(=O)C1CCCN(C(=O)CCc2c(C)c3c(OC)cc4c(c3oc2=O)CCC(C)(C)O4)C1. The van der Waals surface area contributed by atoms with Gasteiger partial charge in [0.1, 0.15) is 22.7 Å². The summed E-state index contributed by atoms with van der Waals surface area (Å²) in [6.07, 6.45) is 3.45. The highest BCUT2D eigenvalue weighted by atomic mass is 16.5. The number of rotatable bonds is 6. The summed E-state index contributed by atoms with van der Waals surface area (Å²) in [6.45, 7) is 9.02. The highest BCUT2D eigenvalue weighted by molar-refractivity contribution is 5.92. The fourth-order valence-electron chi connectivity index (χ4n) is 5.18. The zero-order valence-electron chi connectivity index (χ0n) is 21.3. The largest absolute Gasteiger partial charge is 0.496 e. The van der Waals surface area contributed by atoms with Gasteiger partial charge in [0.25, 0.3) is 0 Å². The standard InChI is InChI=1S/C27H35NO7/c1-6-33-25(30)17-8-7-13-28(15-17)22(29)10-9-18-16(2)23-21(32-5)14-20-19(24(23)34-26(18)31)11-12-27(3,4)35-20/h14,17H,6-13,15H2,1-5H3. The van der Waals surface area contributed by atoms with Crippen LogP contribution in [0.25, 0.3) is 11.0 Å². The molecule has 1 saturated heterocycles. The van der Waals surface area contributed by atoms with Crippen LogP contribution in [-0.4, -0.2) is 49.2 Å². The highest BCUT2D eigenvalue weighted by Crippen LogP contribution is 2.43. The van der Waals surface area contributed by atoms with E-state index in [0.29, 0.717) is 42.3 Å². The fourth-order valence-corrected chi connectivity index (χ4v) is 5.18. The van der Waals surface area contributed by atoms with Crippen LogP contribution in [0.15, 0.2) is 15.3 Å². The summed E-state index contributed by atoms with van der Waals surface area (Å²) in [5, 5.41) is 0.747. The summed E-state index contributed by atoms with van der Waals surface area (Å²) in [4.78, 5) is 39.8. The molecular weight excluding hydrogens is 450 g/mol. The maximum atomic E-state index is 13.0. The second-order valence-electron chi connectivity index (χ2n) is 10.0. The zero-order chi connectivity index (χ0) is 25.3. The van der Waals surface area contributed by atoms with Crippen molar-refractivity contribution in [2.24, 2.45) is 5.92 Å². The molecular formula is C27H35NO7. The molecule has 4 rings (SSSR count). The van der Waals surface area contributed by atoms with Gasteiger partial charge in [0, 0.05) is 36.7 Å². The third-order valence-electron chi connectivity index (χ3n) is 7.14. The number of nitrogens with zero attached hydrogens (tertiary/aromatic N) is 1. The number of hydrogen-bond donors (Lipinski definition) is 0. The molecule has 1 fully saturated rings. The van der Waals surface area contributed by atoms with Gasteiger partial charge in [0.15, 0.2) is 0 Å². The van der Waals surface area contributed by atoms with Crippen molar-refractivity contribution >= 4 is 22.8 Å². The molecule has 8 heteroatoms. The summed E-state index contributed by atoms with van der Waals surface area (Å²) in [5.74, 6) is 0.642. The molecule has 190 valence electrons. The molecule has 0 spiro atoms. The van der Waals surface area contributed by atoms with E-state index in [-0.39, 0.29) is 36.2 Å². The van der Waals surface area contributed by atoms with Gasteiger partial charge < -0.3 is 23.5 Å². The van der Waals surface area contributed by atoms with Crippen LogP contribution < -0.4 is 15.1 Å². The van der Waals surface area contributed by atoms with Crippen LogP contribution in [0.2, 0.25) is 0 Å². The quantitative estimate of drug-likeness (QED) is 0.452. The van der Waals surface area contributed by atoms with Crippen LogP contribution >= 0.6 is 0 Å². The minimum absolute atomic E-state index is 0.0778. The number of esters is 1. The average Bonchev–Trinajstić information content (AvgIpc) is 2.82. The van der Waals surface area contributed by atoms with Crippen molar-refractivity contribution < 1.29 is 28.2 Å². The number of amides is 1. The first-order chi connectivity index (χ1) is 16.6. The summed E-state index contributed by atoms with van der Waals surface area (Å²) < 4.78 is 22.8. The molecule has 8 nitrogen and oxygen atoms in total. The Labute approximate surface area is 205 Å². The number of hydrogen-bond acceptors (Lipinski definition) is 7. The number of aryl methyl sites for hydroxylation is 2. The fraction of sp³-hybridized carbons (Fsp3) is 0.593. The summed E-state index contributed by atoms with van der Waals surface area (Å²) in [5.41, 5.74) is 1.87. The van der Waals surface area contributed by atoms with Crippen LogP contribution in [0, 0.1) is 12.8 Å². The van der Waals surface area contributed by atoms with E-state index in [1.54, 1.807) is 18.9 Å². The van der Waals surface area contributed by atoms with E-state index in [4.69, 9.17) is 18.6 Å². The lowest BCUT2D eigenvalue weighted by Crippen LogP contribution is -2.43. The van der Waals surface area contributed by atoms with Crippen LogP contribution in [0.1, 0.15) is 63.1 Å². The van der Waals surface area contributed by atoms with Crippen molar-refractivity contribution in [3.63, 3.8) is 0 Å². The van der Waals surface area contributed by atoms with Crippen molar-refractivity contribution in [3.8, 4) is 11.5 Å². The van der Waals surface area contributed by atoms with Gasteiger partial charge in [0.05, 0.1) is 25.0 Å². The third kappa shape index (κ3) is 5.02. The predicted octanol–water partition coefficient (Wildman–Crippen LogP) is 3.95. The first kappa shape index (κ1) is 25.1. The lowest BCUT2D eigenvalue weighted by Gasteiger charge is -2.33.